The van der Waals surface area contributed by atoms with Crippen molar-refractivity contribution < 1.29 is 36.2 Å². The Morgan fingerprint density at radius 1 is 1.03 bits per heavy atom. The first-order valence-corrected chi connectivity index (χ1v) is 10.00. The Kier molecular flexibility index (Phi) is 5.23. The summed E-state index contributed by atoms with van der Waals surface area (Å²) in [4.78, 5) is 17.6. The number of pyridine rings is 2. The molecule has 0 radical (unpaired) electrons. The summed E-state index contributed by atoms with van der Waals surface area (Å²) in [6.45, 7) is -3.08. The van der Waals surface area contributed by atoms with Crippen LogP contribution in [0.1, 0.15) is 5.56 Å². The number of halogens is 5. The Morgan fingerprint density at radius 3 is 2.43 bits per heavy atom. The lowest BCUT2D eigenvalue weighted by Crippen LogP contribution is -2.23. The second-order valence-electron chi connectivity index (χ2n) is 7.46. The van der Waals surface area contributed by atoms with Crippen LogP contribution in [0.25, 0.3) is 27.8 Å². The quantitative estimate of drug-likeness (QED) is 0.405. The third kappa shape index (κ3) is 3.96. The van der Waals surface area contributed by atoms with Gasteiger partial charge < -0.3 is 19.9 Å². The van der Waals surface area contributed by atoms with Gasteiger partial charge in [0, 0.05) is 11.9 Å². The van der Waals surface area contributed by atoms with E-state index in [0.717, 1.165) is 22.8 Å². The predicted molar refractivity (Wildman–Crippen MR) is 115 cm³/mol. The summed E-state index contributed by atoms with van der Waals surface area (Å²) in [7, 11) is 0. The number of alkyl halides is 5. The Bertz CT molecular complexity index is 1500. The SMILES string of the molecule is Nc1c(-c2ccc3c(c2)OCO3)c(=O)n(-c2ccc(OC(F)F)cc2)c2cc(C(F)(F)F)cnc12. The van der Waals surface area contributed by atoms with E-state index in [0.29, 0.717) is 23.3 Å². The van der Waals surface area contributed by atoms with Crippen LogP contribution in [0.5, 0.6) is 17.2 Å². The fourth-order valence-electron chi connectivity index (χ4n) is 3.80. The molecule has 35 heavy (non-hydrogen) atoms. The lowest BCUT2D eigenvalue weighted by molar-refractivity contribution is -0.137. The summed E-state index contributed by atoms with van der Waals surface area (Å²) in [5.74, 6) is 0.625. The van der Waals surface area contributed by atoms with Gasteiger partial charge >= 0.3 is 12.8 Å². The van der Waals surface area contributed by atoms with Gasteiger partial charge in [0.15, 0.2) is 11.5 Å². The van der Waals surface area contributed by atoms with Gasteiger partial charge in [-0.15, -0.1) is 0 Å². The fourth-order valence-corrected chi connectivity index (χ4v) is 3.80. The van der Waals surface area contributed by atoms with Crippen LogP contribution >= 0.6 is 0 Å². The minimum atomic E-state index is -4.73. The van der Waals surface area contributed by atoms with Gasteiger partial charge in [-0.1, -0.05) is 6.07 Å². The lowest BCUT2D eigenvalue weighted by Gasteiger charge is -2.17. The third-order valence-electron chi connectivity index (χ3n) is 5.36. The number of rotatable bonds is 4. The van der Waals surface area contributed by atoms with E-state index < -0.39 is 23.9 Å². The van der Waals surface area contributed by atoms with Crippen LogP contribution in [0.3, 0.4) is 0 Å². The standard InChI is InChI=1S/C23H14F5N3O4/c24-22(25)35-14-4-2-13(3-5-14)31-15-8-12(23(26,27)28)9-30-20(15)19(29)18(21(31)32)11-1-6-16-17(7-11)34-10-33-16/h1-9,22H,10,29H2. The second-order valence-corrected chi connectivity index (χ2v) is 7.46. The van der Waals surface area contributed by atoms with E-state index in [1.807, 2.05) is 0 Å². The van der Waals surface area contributed by atoms with Gasteiger partial charge in [0.2, 0.25) is 6.79 Å². The number of benzene rings is 2. The van der Waals surface area contributed by atoms with Crippen LogP contribution in [-0.2, 0) is 6.18 Å². The molecular formula is C23H14F5N3O4. The van der Waals surface area contributed by atoms with Crippen molar-refractivity contribution in [2.45, 2.75) is 12.8 Å². The second kappa shape index (κ2) is 8.15. The van der Waals surface area contributed by atoms with Crippen LogP contribution in [0.15, 0.2) is 59.5 Å². The Hall–Kier alpha value is -4.35. The largest absolute Gasteiger partial charge is 0.454 e. The van der Waals surface area contributed by atoms with E-state index in [1.54, 1.807) is 12.1 Å². The number of aromatic nitrogens is 2. The summed E-state index contributed by atoms with van der Waals surface area (Å²) in [6.07, 6.45) is -4.11. The van der Waals surface area contributed by atoms with Gasteiger partial charge in [-0.25, -0.2) is 0 Å². The Morgan fingerprint density at radius 2 is 1.74 bits per heavy atom. The lowest BCUT2D eigenvalue weighted by atomic mass is 10.0. The molecule has 0 aliphatic carbocycles. The molecule has 0 bridgehead atoms. The summed E-state index contributed by atoms with van der Waals surface area (Å²) in [5.41, 5.74) is 4.38. The Balaban J connectivity index is 1.79. The molecule has 12 heteroatoms. The van der Waals surface area contributed by atoms with Crippen LogP contribution < -0.4 is 25.5 Å². The van der Waals surface area contributed by atoms with Crippen molar-refractivity contribution in [3.8, 4) is 34.1 Å². The monoisotopic (exact) mass is 491 g/mol. The molecule has 0 fully saturated rings. The van der Waals surface area contributed by atoms with Gasteiger partial charge in [0.1, 0.15) is 11.3 Å². The highest BCUT2D eigenvalue weighted by molar-refractivity contribution is 5.97. The highest BCUT2D eigenvalue weighted by Gasteiger charge is 2.32. The summed E-state index contributed by atoms with van der Waals surface area (Å²) < 4.78 is 81.3. The molecule has 2 N–H and O–H groups in total. The zero-order valence-electron chi connectivity index (χ0n) is 17.5. The van der Waals surface area contributed by atoms with Crippen molar-refractivity contribution >= 4 is 16.7 Å². The smallest absolute Gasteiger partial charge is 0.417 e. The molecule has 0 saturated carbocycles. The number of nitrogen functional groups attached to an aromatic ring is 1. The molecule has 3 heterocycles. The van der Waals surface area contributed by atoms with Crippen molar-refractivity contribution in [1.82, 2.24) is 9.55 Å². The van der Waals surface area contributed by atoms with E-state index in [4.69, 9.17) is 15.2 Å². The molecule has 4 aromatic rings. The molecule has 1 aliphatic rings. The average molecular weight is 491 g/mol. The average Bonchev–Trinajstić information content (AvgIpc) is 3.27. The van der Waals surface area contributed by atoms with Gasteiger partial charge in [0.05, 0.1) is 22.3 Å². The van der Waals surface area contributed by atoms with Crippen LogP contribution in [0.2, 0.25) is 0 Å². The van der Waals surface area contributed by atoms with Gasteiger partial charge in [-0.3, -0.25) is 14.3 Å². The first kappa shape index (κ1) is 22.4. The maximum absolute atomic E-state index is 13.7. The van der Waals surface area contributed by atoms with Crippen molar-refractivity contribution in [2.75, 3.05) is 12.5 Å². The third-order valence-corrected chi connectivity index (χ3v) is 5.36. The molecule has 2 aromatic heterocycles. The molecule has 0 saturated heterocycles. The van der Waals surface area contributed by atoms with E-state index in [2.05, 4.69) is 9.72 Å². The molecule has 1 aliphatic heterocycles. The molecule has 0 spiro atoms. The highest BCUT2D eigenvalue weighted by atomic mass is 19.4. The number of hydrogen-bond acceptors (Lipinski definition) is 6. The normalized spacial score (nSPS) is 13.0. The predicted octanol–water partition coefficient (Wildman–Crippen LogP) is 4.98. The van der Waals surface area contributed by atoms with Crippen molar-refractivity contribution in [1.29, 1.82) is 0 Å². The van der Waals surface area contributed by atoms with E-state index in [-0.39, 0.29) is 40.5 Å². The fraction of sp³-hybridized carbons (Fsp3) is 0.130. The highest BCUT2D eigenvalue weighted by Crippen LogP contribution is 2.39. The van der Waals surface area contributed by atoms with Gasteiger partial charge in [-0.2, -0.15) is 22.0 Å². The number of anilines is 1. The van der Waals surface area contributed by atoms with E-state index in [1.165, 1.54) is 18.2 Å². The minimum absolute atomic E-state index is 0.00890. The molecular weight excluding hydrogens is 477 g/mol. The molecule has 0 unspecified atom stereocenters. The zero-order valence-corrected chi connectivity index (χ0v) is 17.5. The summed E-state index contributed by atoms with van der Waals surface area (Å²) in [6, 6.07) is 10.3. The maximum atomic E-state index is 13.7. The Labute approximate surface area is 193 Å². The summed E-state index contributed by atoms with van der Waals surface area (Å²) in [5, 5.41) is 0. The number of fused-ring (bicyclic) bond motifs is 2. The first-order valence-electron chi connectivity index (χ1n) is 10.00. The molecule has 5 rings (SSSR count). The van der Waals surface area contributed by atoms with Crippen LogP contribution in [0, 0.1) is 0 Å². The minimum Gasteiger partial charge on any atom is -0.454 e. The van der Waals surface area contributed by atoms with Crippen LogP contribution in [-0.4, -0.2) is 23.0 Å². The molecule has 0 atom stereocenters. The number of nitrogens with two attached hydrogens (primary N) is 1. The first-order chi connectivity index (χ1) is 16.6. The zero-order chi connectivity index (χ0) is 24.9. The number of nitrogens with zero attached hydrogens (tertiary/aromatic N) is 2. The van der Waals surface area contributed by atoms with Crippen molar-refractivity contribution in [3.63, 3.8) is 0 Å². The summed E-state index contributed by atoms with van der Waals surface area (Å²) >= 11 is 0. The number of hydrogen-bond donors (Lipinski definition) is 1. The molecule has 0 amide bonds. The number of ether oxygens (including phenoxy) is 3. The van der Waals surface area contributed by atoms with E-state index in [9.17, 15) is 26.7 Å². The molecule has 180 valence electrons. The van der Waals surface area contributed by atoms with Crippen LogP contribution in [0.4, 0.5) is 27.6 Å². The van der Waals surface area contributed by atoms with Gasteiger partial charge in [-0.05, 0) is 48.0 Å². The van der Waals surface area contributed by atoms with Crippen molar-refractivity contribution in [2.24, 2.45) is 0 Å². The van der Waals surface area contributed by atoms with Gasteiger partial charge in [0.25, 0.3) is 5.56 Å². The van der Waals surface area contributed by atoms with Crippen molar-refractivity contribution in [3.05, 3.63) is 70.6 Å². The van der Waals surface area contributed by atoms with E-state index >= 15 is 0 Å². The molecule has 2 aromatic carbocycles. The maximum Gasteiger partial charge on any atom is 0.417 e. The topological polar surface area (TPSA) is 88.6 Å². The molecule has 7 nitrogen and oxygen atoms in total.